The van der Waals surface area contributed by atoms with E-state index in [-0.39, 0.29) is 12.6 Å². The number of hydrogen-bond donors (Lipinski definition) is 3. The molecule has 0 saturated carbocycles. The van der Waals surface area contributed by atoms with Crippen LogP contribution in [0, 0.1) is 23.4 Å². The van der Waals surface area contributed by atoms with Crippen LogP contribution in [0.5, 0.6) is 5.75 Å². The third kappa shape index (κ3) is 3.86. The normalized spacial score (nSPS) is 12.6. The second kappa shape index (κ2) is 6.60. The summed E-state index contributed by atoms with van der Waals surface area (Å²) in [5.74, 6) is -6.88. The van der Waals surface area contributed by atoms with Crippen molar-refractivity contribution in [2.45, 2.75) is 26.3 Å². The van der Waals surface area contributed by atoms with Crippen molar-refractivity contribution in [2.75, 3.05) is 6.54 Å². The Balaban J connectivity index is 2.79. The van der Waals surface area contributed by atoms with Crippen molar-refractivity contribution in [1.82, 2.24) is 5.32 Å². The zero-order chi connectivity index (χ0) is 15.4. The molecule has 0 radical (unpaired) electrons. The summed E-state index contributed by atoms with van der Waals surface area (Å²) in [6, 6.07) is 0.0640. The molecule has 0 fully saturated rings. The van der Waals surface area contributed by atoms with Crippen LogP contribution in [0.15, 0.2) is 6.07 Å². The van der Waals surface area contributed by atoms with E-state index < -0.39 is 34.7 Å². The summed E-state index contributed by atoms with van der Waals surface area (Å²) in [5.41, 5.74) is 4.97. The number of halogens is 3. The SMILES string of the molecule is CC(C)CC(N)CNC(=O)c1cc(F)c(F)c(O)c1F. The maximum Gasteiger partial charge on any atom is 0.254 e. The Labute approximate surface area is 114 Å². The van der Waals surface area contributed by atoms with Crippen LogP contribution in [0.25, 0.3) is 0 Å². The molecule has 1 atom stereocenters. The van der Waals surface area contributed by atoms with Gasteiger partial charge in [-0.2, -0.15) is 4.39 Å². The van der Waals surface area contributed by atoms with Crippen LogP contribution in [0.4, 0.5) is 13.2 Å². The summed E-state index contributed by atoms with van der Waals surface area (Å²) in [5, 5.41) is 11.3. The fourth-order valence-corrected chi connectivity index (χ4v) is 1.76. The van der Waals surface area contributed by atoms with Crippen LogP contribution in [-0.2, 0) is 0 Å². The Hall–Kier alpha value is -1.76. The van der Waals surface area contributed by atoms with Crippen molar-refractivity contribution in [2.24, 2.45) is 11.7 Å². The second-order valence-corrected chi connectivity index (χ2v) is 4.98. The second-order valence-electron chi connectivity index (χ2n) is 4.98. The van der Waals surface area contributed by atoms with Crippen molar-refractivity contribution in [3.05, 3.63) is 29.1 Å². The van der Waals surface area contributed by atoms with E-state index in [1.54, 1.807) is 0 Å². The van der Waals surface area contributed by atoms with Crippen LogP contribution in [0.1, 0.15) is 30.6 Å². The van der Waals surface area contributed by atoms with Gasteiger partial charge in [0.2, 0.25) is 5.82 Å². The lowest BCUT2D eigenvalue weighted by molar-refractivity contribution is 0.0944. The highest BCUT2D eigenvalue weighted by atomic mass is 19.2. The van der Waals surface area contributed by atoms with Gasteiger partial charge in [0, 0.05) is 12.6 Å². The van der Waals surface area contributed by atoms with Gasteiger partial charge in [0.1, 0.15) is 0 Å². The van der Waals surface area contributed by atoms with Crippen molar-refractivity contribution in [1.29, 1.82) is 0 Å². The molecule has 20 heavy (non-hydrogen) atoms. The van der Waals surface area contributed by atoms with Crippen LogP contribution in [-0.4, -0.2) is 23.6 Å². The standard InChI is InChI=1S/C13H17F3N2O2/c1-6(2)3-7(17)5-18-13(20)8-4-9(14)11(16)12(19)10(8)15/h4,6-7,19H,3,5,17H2,1-2H3,(H,18,20). The average Bonchev–Trinajstić information content (AvgIpc) is 2.37. The summed E-state index contributed by atoms with van der Waals surface area (Å²) in [4.78, 5) is 11.7. The molecule has 0 saturated heterocycles. The Morgan fingerprint density at radius 1 is 1.35 bits per heavy atom. The highest BCUT2D eigenvalue weighted by Crippen LogP contribution is 2.25. The van der Waals surface area contributed by atoms with Gasteiger partial charge in [-0.05, 0) is 18.4 Å². The zero-order valence-electron chi connectivity index (χ0n) is 11.2. The minimum absolute atomic E-state index is 0.0657. The number of nitrogens with one attached hydrogen (secondary N) is 1. The number of phenols is 1. The predicted molar refractivity (Wildman–Crippen MR) is 67.7 cm³/mol. The summed E-state index contributed by atoms with van der Waals surface area (Å²) in [7, 11) is 0. The first-order valence-corrected chi connectivity index (χ1v) is 6.14. The Kier molecular flexibility index (Phi) is 5.38. The third-order valence-corrected chi connectivity index (χ3v) is 2.68. The van der Waals surface area contributed by atoms with Crippen LogP contribution < -0.4 is 11.1 Å². The van der Waals surface area contributed by atoms with E-state index in [2.05, 4.69) is 5.32 Å². The quantitative estimate of drug-likeness (QED) is 0.725. The van der Waals surface area contributed by atoms with Gasteiger partial charge in [0.25, 0.3) is 5.91 Å². The van der Waals surface area contributed by atoms with Crippen LogP contribution in [0.2, 0.25) is 0 Å². The smallest absolute Gasteiger partial charge is 0.254 e. The van der Waals surface area contributed by atoms with Gasteiger partial charge in [0.05, 0.1) is 5.56 Å². The average molecular weight is 290 g/mol. The minimum atomic E-state index is -1.73. The summed E-state index contributed by atoms with van der Waals surface area (Å²) in [6.07, 6.45) is 0.645. The maximum atomic E-state index is 13.5. The Morgan fingerprint density at radius 2 is 1.95 bits per heavy atom. The molecule has 4 N–H and O–H groups in total. The minimum Gasteiger partial charge on any atom is -0.503 e. The molecule has 1 aromatic rings. The lowest BCUT2D eigenvalue weighted by Gasteiger charge is -2.15. The largest absolute Gasteiger partial charge is 0.503 e. The molecule has 0 aliphatic carbocycles. The predicted octanol–water partition coefficient (Wildman–Crippen LogP) is 1.91. The lowest BCUT2D eigenvalue weighted by Crippen LogP contribution is -2.38. The fraction of sp³-hybridized carbons (Fsp3) is 0.462. The van der Waals surface area contributed by atoms with Gasteiger partial charge in [-0.15, -0.1) is 0 Å². The maximum absolute atomic E-state index is 13.5. The van der Waals surface area contributed by atoms with E-state index in [9.17, 15) is 18.0 Å². The molecule has 0 spiro atoms. The molecule has 112 valence electrons. The number of benzene rings is 1. The number of carbonyl (C=O) groups excluding carboxylic acids is 1. The zero-order valence-corrected chi connectivity index (χ0v) is 11.2. The van der Waals surface area contributed by atoms with E-state index in [0.717, 1.165) is 0 Å². The Bertz CT molecular complexity index is 507. The third-order valence-electron chi connectivity index (χ3n) is 2.68. The van der Waals surface area contributed by atoms with Crippen LogP contribution >= 0.6 is 0 Å². The summed E-state index contributed by atoms with van der Waals surface area (Å²) >= 11 is 0. The Morgan fingerprint density at radius 3 is 2.50 bits per heavy atom. The lowest BCUT2D eigenvalue weighted by atomic mass is 10.0. The van der Waals surface area contributed by atoms with Crippen LogP contribution in [0.3, 0.4) is 0 Å². The molecule has 0 aromatic heterocycles. The van der Waals surface area contributed by atoms with Gasteiger partial charge in [-0.25, -0.2) is 8.78 Å². The molecule has 0 bridgehead atoms. The fourth-order valence-electron chi connectivity index (χ4n) is 1.76. The van der Waals surface area contributed by atoms with Crippen molar-refractivity contribution < 1.29 is 23.1 Å². The first-order valence-electron chi connectivity index (χ1n) is 6.14. The molecular formula is C13H17F3N2O2. The molecule has 1 amide bonds. The highest BCUT2D eigenvalue weighted by Gasteiger charge is 2.22. The molecule has 4 nitrogen and oxygen atoms in total. The van der Waals surface area contributed by atoms with Gasteiger partial charge in [-0.3, -0.25) is 4.79 Å². The molecule has 0 aliphatic heterocycles. The monoisotopic (exact) mass is 290 g/mol. The van der Waals surface area contributed by atoms with Crippen molar-refractivity contribution in [3.63, 3.8) is 0 Å². The van der Waals surface area contributed by atoms with E-state index in [0.29, 0.717) is 18.4 Å². The van der Waals surface area contributed by atoms with Crippen molar-refractivity contribution >= 4 is 5.91 Å². The van der Waals surface area contributed by atoms with Gasteiger partial charge < -0.3 is 16.2 Å². The molecular weight excluding hydrogens is 273 g/mol. The van der Waals surface area contributed by atoms with Gasteiger partial charge >= 0.3 is 0 Å². The summed E-state index contributed by atoms with van der Waals surface area (Å²) in [6.45, 7) is 3.97. The molecule has 1 unspecified atom stereocenters. The van der Waals surface area contributed by atoms with E-state index in [1.165, 1.54) is 0 Å². The van der Waals surface area contributed by atoms with E-state index >= 15 is 0 Å². The topological polar surface area (TPSA) is 75.3 Å². The first kappa shape index (κ1) is 16.3. The first-order chi connectivity index (χ1) is 9.23. The van der Waals surface area contributed by atoms with E-state index in [4.69, 9.17) is 10.8 Å². The molecule has 7 heteroatoms. The van der Waals surface area contributed by atoms with Gasteiger partial charge in [0.15, 0.2) is 17.4 Å². The highest BCUT2D eigenvalue weighted by molar-refractivity contribution is 5.95. The number of rotatable bonds is 5. The molecule has 1 aromatic carbocycles. The van der Waals surface area contributed by atoms with Gasteiger partial charge in [-0.1, -0.05) is 13.8 Å². The number of nitrogens with two attached hydrogens (primary N) is 1. The number of carbonyl (C=O) groups is 1. The number of amides is 1. The molecule has 0 aliphatic rings. The molecule has 0 heterocycles. The number of aromatic hydroxyl groups is 1. The number of phenolic OH excluding ortho intramolecular Hbond substituents is 1. The summed E-state index contributed by atoms with van der Waals surface area (Å²) < 4.78 is 39.4. The number of hydrogen-bond acceptors (Lipinski definition) is 3. The van der Waals surface area contributed by atoms with E-state index in [1.807, 2.05) is 13.8 Å². The molecule has 1 rings (SSSR count). The van der Waals surface area contributed by atoms with Crippen molar-refractivity contribution in [3.8, 4) is 5.75 Å².